The quantitative estimate of drug-likeness (QED) is 0.847. The molecule has 3 nitrogen and oxygen atoms in total. The monoisotopic (exact) mass is 281 g/mol. The van der Waals surface area contributed by atoms with Crippen LogP contribution in [0.1, 0.15) is 43.5 Å². The molecule has 1 atom stereocenters. The zero-order valence-corrected chi connectivity index (χ0v) is 12.4. The summed E-state index contributed by atoms with van der Waals surface area (Å²) in [7, 11) is 1.38. The molecule has 104 valence electrons. The molecule has 1 aliphatic rings. The van der Waals surface area contributed by atoms with Crippen molar-refractivity contribution in [2.45, 2.75) is 39.2 Å². The summed E-state index contributed by atoms with van der Waals surface area (Å²) in [5.41, 5.74) is 1.71. The maximum Gasteiger partial charge on any atom is 0.337 e. The number of carbonyl (C=O) groups is 1. The minimum atomic E-state index is -0.341. The Morgan fingerprint density at radius 1 is 1.47 bits per heavy atom. The zero-order valence-electron chi connectivity index (χ0n) is 11.6. The van der Waals surface area contributed by atoms with Gasteiger partial charge in [-0.3, -0.25) is 0 Å². The largest absolute Gasteiger partial charge is 0.465 e. The van der Waals surface area contributed by atoms with E-state index in [2.05, 4.69) is 19.2 Å². The Morgan fingerprint density at radius 2 is 2.21 bits per heavy atom. The van der Waals surface area contributed by atoms with E-state index in [4.69, 9.17) is 16.3 Å². The predicted molar refractivity (Wildman–Crippen MR) is 77.8 cm³/mol. The summed E-state index contributed by atoms with van der Waals surface area (Å²) in [6.45, 7) is 4.56. The van der Waals surface area contributed by atoms with Crippen LogP contribution >= 0.6 is 11.6 Å². The van der Waals surface area contributed by atoms with E-state index in [1.54, 1.807) is 18.2 Å². The molecular formula is C15H20ClNO2. The number of benzene rings is 1. The number of hydrogen-bond donors (Lipinski definition) is 1. The van der Waals surface area contributed by atoms with Crippen LogP contribution in [-0.4, -0.2) is 19.1 Å². The van der Waals surface area contributed by atoms with Crippen LogP contribution in [0.2, 0.25) is 5.02 Å². The highest BCUT2D eigenvalue weighted by Gasteiger charge is 2.31. The van der Waals surface area contributed by atoms with E-state index < -0.39 is 0 Å². The van der Waals surface area contributed by atoms with Crippen molar-refractivity contribution in [1.29, 1.82) is 0 Å². The molecule has 0 amide bonds. The Bertz CT molecular complexity index is 485. The Balaban J connectivity index is 2.14. The Morgan fingerprint density at radius 3 is 2.79 bits per heavy atom. The summed E-state index contributed by atoms with van der Waals surface area (Å²) in [4.78, 5) is 11.5. The molecule has 1 saturated carbocycles. The van der Waals surface area contributed by atoms with Gasteiger partial charge in [-0.25, -0.2) is 4.79 Å². The first-order chi connectivity index (χ1) is 8.91. The highest BCUT2D eigenvalue weighted by atomic mass is 35.5. The van der Waals surface area contributed by atoms with Crippen molar-refractivity contribution >= 4 is 23.3 Å². The minimum absolute atomic E-state index is 0.341. The third-order valence-electron chi connectivity index (χ3n) is 3.72. The molecule has 2 rings (SSSR count). The number of halogens is 1. The van der Waals surface area contributed by atoms with Gasteiger partial charge >= 0.3 is 5.97 Å². The summed E-state index contributed by atoms with van der Waals surface area (Å²) >= 11 is 6.18. The van der Waals surface area contributed by atoms with Gasteiger partial charge in [-0.2, -0.15) is 0 Å². The second kappa shape index (κ2) is 5.41. The van der Waals surface area contributed by atoms with Gasteiger partial charge in [0.25, 0.3) is 0 Å². The maximum atomic E-state index is 11.5. The van der Waals surface area contributed by atoms with Crippen LogP contribution in [0.25, 0.3) is 0 Å². The second-order valence-corrected chi connectivity index (χ2v) is 6.34. The molecule has 4 heteroatoms. The van der Waals surface area contributed by atoms with Gasteiger partial charge in [0, 0.05) is 6.04 Å². The molecule has 1 unspecified atom stereocenters. The lowest BCUT2D eigenvalue weighted by atomic mass is 9.92. The average molecular weight is 282 g/mol. The van der Waals surface area contributed by atoms with E-state index in [0.29, 0.717) is 22.0 Å². The molecule has 1 fully saturated rings. The number of carbonyl (C=O) groups excluding carboxylic acids is 1. The summed E-state index contributed by atoms with van der Waals surface area (Å²) in [5.74, 6) is -0.341. The number of methoxy groups -OCH3 is 1. The van der Waals surface area contributed by atoms with E-state index in [9.17, 15) is 4.79 Å². The fraction of sp³-hybridized carbons (Fsp3) is 0.533. The summed E-state index contributed by atoms with van der Waals surface area (Å²) in [6, 6.07) is 5.59. The van der Waals surface area contributed by atoms with Gasteiger partial charge in [0.2, 0.25) is 0 Å². The second-order valence-electron chi connectivity index (χ2n) is 5.93. The standard InChI is InChI=1S/C15H20ClNO2/c1-15(2)7-6-11(9-15)17-13-8-10(14(18)19-3)4-5-12(13)16/h4-5,8,11,17H,6-7,9H2,1-3H3. The van der Waals surface area contributed by atoms with Gasteiger partial charge in [-0.1, -0.05) is 25.4 Å². The fourth-order valence-corrected chi connectivity index (χ4v) is 2.83. The first-order valence-electron chi connectivity index (χ1n) is 6.56. The Hall–Kier alpha value is -1.22. The smallest absolute Gasteiger partial charge is 0.337 e. The lowest BCUT2D eigenvalue weighted by Crippen LogP contribution is -2.18. The van der Waals surface area contributed by atoms with Crippen molar-refractivity contribution in [3.8, 4) is 0 Å². The van der Waals surface area contributed by atoms with Gasteiger partial charge in [0.1, 0.15) is 0 Å². The molecule has 0 heterocycles. The molecular weight excluding hydrogens is 262 g/mol. The SMILES string of the molecule is COC(=O)c1ccc(Cl)c(NC2CCC(C)(C)C2)c1. The van der Waals surface area contributed by atoms with Crippen LogP contribution < -0.4 is 5.32 Å². The number of hydrogen-bond acceptors (Lipinski definition) is 3. The first-order valence-corrected chi connectivity index (χ1v) is 6.93. The van der Waals surface area contributed by atoms with Crippen molar-refractivity contribution in [2.75, 3.05) is 12.4 Å². The third-order valence-corrected chi connectivity index (χ3v) is 4.05. The van der Waals surface area contributed by atoms with Crippen LogP contribution in [0, 0.1) is 5.41 Å². The van der Waals surface area contributed by atoms with Gasteiger partial charge in [-0.05, 0) is 42.9 Å². The molecule has 0 aliphatic heterocycles. The molecule has 1 aliphatic carbocycles. The number of anilines is 1. The van der Waals surface area contributed by atoms with E-state index in [-0.39, 0.29) is 5.97 Å². The lowest BCUT2D eigenvalue weighted by molar-refractivity contribution is 0.0601. The van der Waals surface area contributed by atoms with Crippen LogP contribution in [-0.2, 0) is 4.74 Å². The molecule has 0 saturated heterocycles. The van der Waals surface area contributed by atoms with Crippen LogP contribution in [0.5, 0.6) is 0 Å². The molecule has 1 aromatic carbocycles. The molecule has 0 radical (unpaired) electrons. The van der Waals surface area contributed by atoms with Crippen molar-refractivity contribution in [2.24, 2.45) is 5.41 Å². The normalized spacial score (nSPS) is 21.2. The average Bonchev–Trinajstić information content (AvgIpc) is 2.70. The molecule has 19 heavy (non-hydrogen) atoms. The highest BCUT2D eigenvalue weighted by molar-refractivity contribution is 6.33. The van der Waals surface area contributed by atoms with Gasteiger partial charge in [-0.15, -0.1) is 0 Å². The maximum absolute atomic E-state index is 11.5. The molecule has 1 N–H and O–H groups in total. The van der Waals surface area contributed by atoms with E-state index in [0.717, 1.165) is 18.5 Å². The van der Waals surface area contributed by atoms with Crippen molar-refractivity contribution in [1.82, 2.24) is 0 Å². The van der Waals surface area contributed by atoms with Gasteiger partial charge in [0.05, 0.1) is 23.4 Å². The zero-order chi connectivity index (χ0) is 14.0. The number of rotatable bonds is 3. The molecule has 0 spiro atoms. The predicted octanol–water partition coefficient (Wildman–Crippen LogP) is 4.12. The van der Waals surface area contributed by atoms with E-state index in [1.165, 1.54) is 13.5 Å². The topological polar surface area (TPSA) is 38.3 Å². The number of nitrogens with one attached hydrogen (secondary N) is 1. The summed E-state index contributed by atoms with van der Waals surface area (Å²) in [6.07, 6.45) is 3.45. The number of esters is 1. The lowest BCUT2D eigenvalue weighted by Gasteiger charge is -2.19. The highest BCUT2D eigenvalue weighted by Crippen LogP contribution is 2.39. The van der Waals surface area contributed by atoms with Crippen LogP contribution in [0.4, 0.5) is 5.69 Å². The molecule has 0 aromatic heterocycles. The van der Waals surface area contributed by atoms with E-state index in [1.807, 2.05) is 0 Å². The minimum Gasteiger partial charge on any atom is -0.465 e. The van der Waals surface area contributed by atoms with Crippen molar-refractivity contribution < 1.29 is 9.53 Å². The van der Waals surface area contributed by atoms with Crippen molar-refractivity contribution in [3.63, 3.8) is 0 Å². The van der Waals surface area contributed by atoms with Gasteiger partial charge in [0.15, 0.2) is 0 Å². The van der Waals surface area contributed by atoms with Crippen molar-refractivity contribution in [3.05, 3.63) is 28.8 Å². The molecule has 0 bridgehead atoms. The molecule has 1 aromatic rings. The van der Waals surface area contributed by atoms with E-state index >= 15 is 0 Å². The van der Waals surface area contributed by atoms with Gasteiger partial charge < -0.3 is 10.1 Å². The number of ether oxygens (including phenoxy) is 1. The van der Waals surface area contributed by atoms with Crippen LogP contribution in [0.3, 0.4) is 0 Å². The summed E-state index contributed by atoms with van der Waals surface area (Å²) in [5, 5.41) is 4.08. The van der Waals surface area contributed by atoms with Crippen LogP contribution in [0.15, 0.2) is 18.2 Å². The fourth-order valence-electron chi connectivity index (χ4n) is 2.66. The summed E-state index contributed by atoms with van der Waals surface area (Å²) < 4.78 is 4.72. The Labute approximate surface area is 119 Å². The Kier molecular flexibility index (Phi) is 4.04. The first kappa shape index (κ1) is 14.2. The third kappa shape index (κ3) is 3.41.